The van der Waals surface area contributed by atoms with Gasteiger partial charge in [-0.05, 0) is 35.2 Å². The van der Waals surface area contributed by atoms with Gasteiger partial charge in [0, 0.05) is 17.8 Å². The molecule has 1 aromatic heterocycles. The maximum Gasteiger partial charge on any atom is 0.407 e. The average molecular weight is 391 g/mol. The maximum absolute atomic E-state index is 12.3. The zero-order valence-corrected chi connectivity index (χ0v) is 15.9. The molecule has 0 radical (unpaired) electrons. The molecule has 0 bridgehead atoms. The van der Waals surface area contributed by atoms with Crippen LogP contribution in [0.5, 0.6) is 0 Å². The molecule has 0 fully saturated rings. The molecule has 1 heterocycles. The molecule has 0 saturated heterocycles. The Morgan fingerprint density at radius 2 is 1.72 bits per heavy atom. The molecule has 3 aromatic rings. The zero-order valence-electron chi connectivity index (χ0n) is 15.9. The standard InChI is InChI=1S/C22H21N3O4/c1-14-10-11-23-25(14)12-20(21(26)27)24-22(28)29-13-19-17-8-4-2-6-15(17)16-7-3-5-9-18(16)19/h2-11,19-20H,12-13H2,1H3,(H,24,28)(H,26,27). The van der Waals surface area contributed by atoms with E-state index in [4.69, 9.17) is 4.74 Å². The molecule has 7 heteroatoms. The van der Waals surface area contributed by atoms with Crippen LogP contribution in [0.15, 0.2) is 60.8 Å². The summed E-state index contributed by atoms with van der Waals surface area (Å²) in [5.41, 5.74) is 5.28. The Morgan fingerprint density at radius 1 is 1.10 bits per heavy atom. The lowest BCUT2D eigenvalue weighted by atomic mass is 9.98. The molecule has 0 saturated carbocycles. The lowest BCUT2D eigenvalue weighted by molar-refractivity contribution is -0.139. The average Bonchev–Trinajstić information content (AvgIpc) is 3.27. The van der Waals surface area contributed by atoms with Crippen molar-refractivity contribution >= 4 is 12.1 Å². The maximum atomic E-state index is 12.3. The minimum atomic E-state index is -1.14. The first-order valence-corrected chi connectivity index (χ1v) is 9.37. The number of nitrogens with one attached hydrogen (secondary N) is 1. The van der Waals surface area contributed by atoms with E-state index in [0.29, 0.717) is 0 Å². The van der Waals surface area contributed by atoms with E-state index >= 15 is 0 Å². The predicted octanol–water partition coefficient (Wildman–Crippen LogP) is 3.18. The number of rotatable bonds is 6. The molecule has 29 heavy (non-hydrogen) atoms. The van der Waals surface area contributed by atoms with Crippen LogP contribution in [-0.4, -0.2) is 39.6 Å². The summed E-state index contributed by atoms with van der Waals surface area (Å²) in [6.45, 7) is 1.98. The van der Waals surface area contributed by atoms with Crippen LogP contribution in [0.4, 0.5) is 4.79 Å². The monoisotopic (exact) mass is 391 g/mol. The Morgan fingerprint density at radius 3 is 2.28 bits per heavy atom. The van der Waals surface area contributed by atoms with E-state index < -0.39 is 18.1 Å². The van der Waals surface area contributed by atoms with Crippen LogP contribution in [-0.2, 0) is 16.1 Å². The van der Waals surface area contributed by atoms with Gasteiger partial charge in [0.2, 0.25) is 0 Å². The molecule has 0 spiro atoms. The largest absolute Gasteiger partial charge is 0.480 e. The molecule has 0 aliphatic heterocycles. The number of carboxylic acids is 1. The molecule has 1 aliphatic carbocycles. The van der Waals surface area contributed by atoms with Crippen molar-refractivity contribution in [2.24, 2.45) is 0 Å². The third-order valence-electron chi connectivity index (χ3n) is 5.22. The second-order valence-corrected chi connectivity index (χ2v) is 7.02. The summed E-state index contributed by atoms with van der Waals surface area (Å²) in [6, 6.07) is 16.7. The van der Waals surface area contributed by atoms with Gasteiger partial charge in [-0.1, -0.05) is 48.5 Å². The molecule has 1 unspecified atom stereocenters. The van der Waals surface area contributed by atoms with E-state index in [9.17, 15) is 14.7 Å². The second-order valence-electron chi connectivity index (χ2n) is 7.02. The number of nitrogens with zero attached hydrogens (tertiary/aromatic N) is 2. The number of aryl methyl sites for hydroxylation is 1. The van der Waals surface area contributed by atoms with Crippen molar-refractivity contribution < 1.29 is 19.4 Å². The van der Waals surface area contributed by atoms with Crippen LogP contribution >= 0.6 is 0 Å². The fourth-order valence-corrected chi connectivity index (χ4v) is 3.73. The number of hydrogen-bond acceptors (Lipinski definition) is 4. The van der Waals surface area contributed by atoms with Crippen molar-refractivity contribution in [2.75, 3.05) is 6.61 Å². The molecule has 2 aromatic carbocycles. The number of benzene rings is 2. The van der Waals surface area contributed by atoms with E-state index in [2.05, 4.69) is 22.5 Å². The van der Waals surface area contributed by atoms with Gasteiger partial charge >= 0.3 is 12.1 Å². The summed E-state index contributed by atoms with van der Waals surface area (Å²) < 4.78 is 6.96. The quantitative estimate of drug-likeness (QED) is 0.673. The van der Waals surface area contributed by atoms with Gasteiger partial charge in [0.15, 0.2) is 0 Å². The van der Waals surface area contributed by atoms with Crippen molar-refractivity contribution in [3.05, 3.63) is 77.6 Å². The number of ether oxygens (including phenoxy) is 1. The highest BCUT2D eigenvalue weighted by molar-refractivity contribution is 5.81. The summed E-state index contributed by atoms with van der Waals surface area (Å²) in [7, 11) is 0. The third-order valence-corrected chi connectivity index (χ3v) is 5.22. The van der Waals surface area contributed by atoms with Gasteiger partial charge < -0.3 is 15.2 Å². The van der Waals surface area contributed by atoms with Crippen LogP contribution in [0.25, 0.3) is 11.1 Å². The summed E-state index contributed by atoms with van der Waals surface area (Å²) in [6.07, 6.45) is 0.825. The molecule has 2 N–H and O–H groups in total. The number of fused-ring (bicyclic) bond motifs is 3. The second kappa shape index (κ2) is 7.79. The highest BCUT2D eigenvalue weighted by atomic mass is 16.5. The molecular formula is C22H21N3O4. The van der Waals surface area contributed by atoms with Crippen LogP contribution in [0, 0.1) is 6.92 Å². The first kappa shape index (κ1) is 18.7. The molecule has 1 atom stereocenters. The number of amides is 1. The number of aromatic nitrogens is 2. The Bertz CT molecular complexity index is 1010. The number of aliphatic carboxylic acids is 1. The van der Waals surface area contributed by atoms with Crippen LogP contribution in [0.2, 0.25) is 0 Å². The smallest absolute Gasteiger partial charge is 0.407 e. The fraction of sp³-hybridized carbons (Fsp3) is 0.227. The zero-order chi connectivity index (χ0) is 20.4. The van der Waals surface area contributed by atoms with Gasteiger partial charge in [-0.15, -0.1) is 0 Å². The minimum Gasteiger partial charge on any atom is -0.480 e. The van der Waals surface area contributed by atoms with Crippen LogP contribution < -0.4 is 5.32 Å². The summed E-state index contributed by atoms with van der Waals surface area (Å²) in [5, 5.41) is 15.9. The van der Waals surface area contributed by atoms with E-state index in [1.807, 2.05) is 43.3 Å². The van der Waals surface area contributed by atoms with Crippen molar-refractivity contribution in [3.8, 4) is 11.1 Å². The highest BCUT2D eigenvalue weighted by Gasteiger charge is 2.29. The number of carbonyl (C=O) groups excluding carboxylic acids is 1. The SMILES string of the molecule is Cc1ccnn1CC(NC(=O)OCC1c2ccccc2-c2ccccc21)C(=O)O. The number of carboxylic acid groups (broad SMARTS) is 1. The van der Waals surface area contributed by atoms with E-state index in [-0.39, 0.29) is 19.1 Å². The van der Waals surface area contributed by atoms with Gasteiger partial charge in [-0.25, -0.2) is 9.59 Å². The normalized spacial score (nSPS) is 13.4. The lowest BCUT2D eigenvalue weighted by Gasteiger charge is -2.18. The van der Waals surface area contributed by atoms with Gasteiger partial charge in [-0.2, -0.15) is 5.10 Å². The van der Waals surface area contributed by atoms with Gasteiger partial charge in [-0.3, -0.25) is 4.68 Å². The molecule has 1 amide bonds. The molecule has 4 rings (SSSR count). The Balaban J connectivity index is 1.44. The van der Waals surface area contributed by atoms with E-state index in [0.717, 1.165) is 27.9 Å². The molecular weight excluding hydrogens is 370 g/mol. The number of hydrogen-bond donors (Lipinski definition) is 2. The van der Waals surface area contributed by atoms with Gasteiger partial charge in [0.1, 0.15) is 12.6 Å². The molecule has 148 valence electrons. The Labute approximate surface area is 167 Å². The molecule has 7 nitrogen and oxygen atoms in total. The number of alkyl carbamates (subject to hydrolysis) is 1. The first-order valence-electron chi connectivity index (χ1n) is 9.37. The third kappa shape index (κ3) is 3.71. The fourth-order valence-electron chi connectivity index (χ4n) is 3.73. The lowest BCUT2D eigenvalue weighted by Crippen LogP contribution is -2.44. The van der Waals surface area contributed by atoms with Crippen molar-refractivity contribution in [2.45, 2.75) is 25.4 Å². The van der Waals surface area contributed by atoms with E-state index in [1.165, 1.54) is 4.68 Å². The summed E-state index contributed by atoms with van der Waals surface area (Å²) in [4.78, 5) is 23.9. The van der Waals surface area contributed by atoms with Crippen molar-refractivity contribution in [3.63, 3.8) is 0 Å². The minimum absolute atomic E-state index is 0.0262. The van der Waals surface area contributed by atoms with Gasteiger partial charge in [0.25, 0.3) is 0 Å². The summed E-state index contributed by atoms with van der Waals surface area (Å²) >= 11 is 0. The predicted molar refractivity (Wildman–Crippen MR) is 107 cm³/mol. The van der Waals surface area contributed by atoms with Crippen molar-refractivity contribution in [1.29, 1.82) is 0 Å². The highest BCUT2D eigenvalue weighted by Crippen LogP contribution is 2.44. The molecule has 1 aliphatic rings. The first-order chi connectivity index (χ1) is 14.0. The van der Waals surface area contributed by atoms with Gasteiger partial charge in [0.05, 0.1) is 6.54 Å². The summed E-state index contributed by atoms with van der Waals surface area (Å²) in [5.74, 6) is -1.22. The Hall–Kier alpha value is -3.61. The van der Waals surface area contributed by atoms with Crippen LogP contribution in [0.1, 0.15) is 22.7 Å². The Kier molecular flexibility index (Phi) is 5.03. The van der Waals surface area contributed by atoms with Crippen molar-refractivity contribution in [1.82, 2.24) is 15.1 Å². The van der Waals surface area contributed by atoms with Crippen LogP contribution in [0.3, 0.4) is 0 Å². The topological polar surface area (TPSA) is 93.5 Å². The number of carbonyl (C=O) groups is 2. The van der Waals surface area contributed by atoms with E-state index in [1.54, 1.807) is 12.3 Å².